The van der Waals surface area contributed by atoms with E-state index in [9.17, 15) is 9.59 Å². The lowest BCUT2D eigenvalue weighted by Gasteiger charge is -2.35. The summed E-state index contributed by atoms with van der Waals surface area (Å²) >= 11 is 5.02. The molecule has 2 rings (SSSR count). The number of amides is 2. The summed E-state index contributed by atoms with van der Waals surface area (Å²) in [5.41, 5.74) is 0.698. The Morgan fingerprint density at radius 2 is 1.47 bits per heavy atom. The number of benzene rings is 1. The van der Waals surface area contributed by atoms with Crippen molar-refractivity contribution in [3.63, 3.8) is 0 Å². The van der Waals surface area contributed by atoms with Gasteiger partial charge in [0.05, 0.1) is 0 Å². The Hall–Kier alpha value is -1.75. The molecule has 4 nitrogen and oxygen atoms in total. The first-order valence-electron chi connectivity index (χ1n) is 5.18. The molecule has 0 unspecified atom stereocenters. The van der Waals surface area contributed by atoms with Crippen molar-refractivity contribution in [2.24, 2.45) is 0 Å². The predicted molar refractivity (Wildman–Crippen MR) is 67.3 cm³/mol. The molecule has 0 atom stereocenters. The van der Waals surface area contributed by atoms with Gasteiger partial charge < -0.3 is 0 Å². The molecular weight excluding hydrogens is 236 g/mol. The summed E-state index contributed by atoms with van der Waals surface area (Å²) in [5, 5.41) is 0.243. The molecule has 1 heterocycles. The van der Waals surface area contributed by atoms with Crippen LogP contribution in [0.15, 0.2) is 30.3 Å². The van der Waals surface area contributed by atoms with Crippen molar-refractivity contribution < 1.29 is 9.59 Å². The van der Waals surface area contributed by atoms with Gasteiger partial charge in [0.25, 0.3) is 0 Å². The second-order valence-corrected chi connectivity index (χ2v) is 4.29. The van der Waals surface area contributed by atoms with Crippen LogP contribution in [-0.2, 0) is 9.59 Å². The van der Waals surface area contributed by atoms with Gasteiger partial charge >= 0.3 is 0 Å². The quantitative estimate of drug-likeness (QED) is 0.549. The van der Waals surface area contributed by atoms with Gasteiger partial charge in [-0.15, -0.1) is 0 Å². The summed E-state index contributed by atoms with van der Waals surface area (Å²) in [5.74, 6) is -1.33. The average Bonchev–Trinajstić information content (AvgIpc) is 2.36. The third-order valence-electron chi connectivity index (χ3n) is 2.86. The summed E-state index contributed by atoms with van der Waals surface area (Å²) in [6.45, 7) is 0. The van der Waals surface area contributed by atoms with Crippen LogP contribution in [0.3, 0.4) is 0 Å². The molecule has 88 valence electrons. The van der Waals surface area contributed by atoms with E-state index in [0.29, 0.717) is 5.56 Å². The Morgan fingerprint density at radius 3 is 1.94 bits per heavy atom. The molecule has 0 aliphatic carbocycles. The first-order valence-corrected chi connectivity index (χ1v) is 5.59. The lowest BCUT2D eigenvalue weighted by molar-refractivity contribution is -0.141. The summed E-state index contributed by atoms with van der Waals surface area (Å²) in [6, 6.07) is 9.01. The third kappa shape index (κ3) is 1.82. The zero-order chi connectivity index (χ0) is 12.6. The first-order chi connectivity index (χ1) is 8.04. The van der Waals surface area contributed by atoms with Gasteiger partial charge in [0.15, 0.2) is 5.11 Å². The van der Waals surface area contributed by atoms with Gasteiger partial charge in [0, 0.05) is 14.1 Å². The SMILES string of the molecule is CN1C(=O)C(c2ccccc2)C(=O)N(C)C1=S. The molecule has 2 amide bonds. The molecule has 0 aromatic heterocycles. The van der Waals surface area contributed by atoms with E-state index in [4.69, 9.17) is 12.2 Å². The van der Waals surface area contributed by atoms with E-state index in [0.717, 1.165) is 0 Å². The number of carbonyl (C=O) groups excluding carboxylic acids is 2. The van der Waals surface area contributed by atoms with Crippen molar-refractivity contribution in [1.82, 2.24) is 9.80 Å². The monoisotopic (exact) mass is 248 g/mol. The second kappa shape index (κ2) is 4.25. The molecule has 1 aliphatic heterocycles. The van der Waals surface area contributed by atoms with Gasteiger partial charge in [-0.05, 0) is 17.8 Å². The molecule has 0 saturated carbocycles. The van der Waals surface area contributed by atoms with Crippen LogP contribution in [0.5, 0.6) is 0 Å². The molecule has 1 aliphatic rings. The Morgan fingerprint density at radius 1 is 1.00 bits per heavy atom. The van der Waals surface area contributed by atoms with Gasteiger partial charge in [0.2, 0.25) is 11.8 Å². The van der Waals surface area contributed by atoms with Crippen LogP contribution < -0.4 is 0 Å². The van der Waals surface area contributed by atoms with E-state index in [2.05, 4.69) is 0 Å². The minimum atomic E-state index is -0.780. The molecule has 0 N–H and O–H groups in total. The van der Waals surface area contributed by atoms with Crippen LogP contribution in [-0.4, -0.2) is 40.8 Å². The lowest BCUT2D eigenvalue weighted by atomic mass is 9.95. The highest BCUT2D eigenvalue weighted by atomic mass is 32.1. The van der Waals surface area contributed by atoms with Crippen molar-refractivity contribution in [3.05, 3.63) is 35.9 Å². The maximum atomic E-state index is 12.1. The summed E-state index contributed by atoms with van der Waals surface area (Å²) in [6.07, 6.45) is 0. The summed E-state index contributed by atoms with van der Waals surface area (Å²) < 4.78 is 0. The molecule has 17 heavy (non-hydrogen) atoms. The molecule has 0 bridgehead atoms. The van der Waals surface area contributed by atoms with E-state index in [1.807, 2.05) is 18.2 Å². The van der Waals surface area contributed by atoms with Crippen molar-refractivity contribution in [1.29, 1.82) is 0 Å². The highest BCUT2D eigenvalue weighted by Gasteiger charge is 2.41. The molecule has 1 aromatic rings. The maximum absolute atomic E-state index is 12.1. The number of rotatable bonds is 1. The Labute approximate surface area is 105 Å². The van der Waals surface area contributed by atoms with E-state index in [-0.39, 0.29) is 16.9 Å². The van der Waals surface area contributed by atoms with Gasteiger partial charge in [-0.25, -0.2) is 0 Å². The van der Waals surface area contributed by atoms with E-state index >= 15 is 0 Å². The number of hydrogen-bond donors (Lipinski definition) is 0. The number of nitrogens with zero attached hydrogens (tertiary/aromatic N) is 2. The fourth-order valence-corrected chi connectivity index (χ4v) is 2.02. The molecule has 0 spiro atoms. The second-order valence-electron chi connectivity index (χ2n) is 3.92. The molecule has 5 heteroatoms. The number of thiocarbonyl (C=S) groups is 1. The van der Waals surface area contributed by atoms with Crippen molar-refractivity contribution in [2.75, 3.05) is 14.1 Å². The Bertz CT molecular complexity index is 463. The zero-order valence-corrected chi connectivity index (χ0v) is 10.4. The van der Waals surface area contributed by atoms with Crippen molar-refractivity contribution >= 4 is 29.1 Å². The fourth-order valence-electron chi connectivity index (χ4n) is 1.84. The van der Waals surface area contributed by atoms with Crippen LogP contribution >= 0.6 is 12.2 Å². The van der Waals surface area contributed by atoms with E-state index < -0.39 is 5.92 Å². The minimum absolute atomic E-state index is 0.243. The zero-order valence-electron chi connectivity index (χ0n) is 9.58. The molecule has 1 aromatic carbocycles. The standard InChI is InChI=1S/C12H12N2O2S/c1-13-10(15)9(8-6-4-3-5-7-8)11(16)14(2)12(13)17/h3-7,9H,1-2H3. The number of hydrogen-bond acceptors (Lipinski definition) is 3. The highest BCUT2D eigenvalue weighted by molar-refractivity contribution is 7.80. The number of carbonyl (C=O) groups is 2. The highest BCUT2D eigenvalue weighted by Crippen LogP contribution is 2.25. The summed E-state index contributed by atoms with van der Waals surface area (Å²) in [7, 11) is 3.17. The van der Waals surface area contributed by atoms with Crippen molar-refractivity contribution in [3.8, 4) is 0 Å². The predicted octanol–water partition coefficient (Wildman–Crippen LogP) is 0.985. The fraction of sp³-hybridized carbons (Fsp3) is 0.250. The van der Waals surface area contributed by atoms with Gasteiger partial charge in [-0.3, -0.25) is 19.4 Å². The maximum Gasteiger partial charge on any atom is 0.245 e. The minimum Gasteiger partial charge on any atom is -0.291 e. The molecule has 1 saturated heterocycles. The van der Waals surface area contributed by atoms with E-state index in [1.54, 1.807) is 26.2 Å². The Balaban J connectivity index is 2.43. The Kier molecular flexibility index (Phi) is 2.93. The van der Waals surface area contributed by atoms with Crippen molar-refractivity contribution in [2.45, 2.75) is 5.92 Å². The smallest absolute Gasteiger partial charge is 0.245 e. The largest absolute Gasteiger partial charge is 0.291 e. The van der Waals surface area contributed by atoms with Crippen LogP contribution in [0, 0.1) is 0 Å². The average molecular weight is 248 g/mol. The van der Waals surface area contributed by atoms with Crippen LogP contribution in [0.1, 0.15) is 11.5 Å². The topological polar surface area (TPSA) is 40.6 Å². The third-order valence-corrected chi connectivity index (χ3v) is 3.41. The van der Waals surface area contributed by atoms with Gasteiger partial charge in [-0.2, -0.15) is 0 Å². The van der Waals surface area contributed by atoms with Crippen LogP contribution in [0.25, 0.3) is 0 Å². The summed E-state index contributed by atoms with van der Waals surface area (Å²) in [4.78, 5) is 26.8. The molecule has 1 fully saturated rings. The lowest BCUT2D eigenvalue weighted by Crippen LogP contribution is -2.55. The van der Waals surface area contributed by atoms with E-state index in [1.165, 1.54) is 9.80 Å². The first kappa shape index (κ1) is 11.7. The molecular formula is C12H12N2O2S. The van der Waals surface area contributed by atoms with Crippen LogP contribution in [0.2, 0.25) is 0 Å². The van der Waals surface area contributed by atoms with Gasteiger partial charge in [0.1, 0.15) is 5.92 Å². The number of likely N-dealkylation sites (N-methyl/N-ethyl adjacent to an activating group) is 2. The van der Waals surface area contributed by atoms with Crippen LogP contribution in [0.4, 0.5) is 0 Å². The van der Waals surface area contributed by atoms with Gasteiger partial charge in [-0.1, -0.05) is 30.3 Å². The normalized spacial score (nSPS) is 17.9. The molecule has 0 radical (unpaired) electrons.